The molecule has 0 aliphatic carbocycles. The third kappa shape index (κ3) is 2.82. The van der Waals surface area contributed by atoms with Crippen LogP contribution in [0.1, 0.15) is 0 Å². The first-order chi connectivity index (χ1) is 11.4. The van der Waals surface area contributed by atoms with E-state index in [-0.39, 0.29) is 0 Å². The fraction of sp³-hybridized carbons (Fsp3) is 0. The molecule has 0 atom stereocenters. The molecule has 4 aromatic rings. The van der Waals surface area contributed by atoms with Gasteiger partial charge < -0.3 is 0 Å². The summed E-state index contributed by atoms with van der Waals surface area (Å²) < 4.78 is 3.61. The fourth-order valence-corrected chi connectivity index (χ4v) is 3.06. The van der Waals surface area contributed by atoms with Crippen molar-refractivity contribution >= 4 is 11.5 Å². The average Bonchev–Trinajstić information content (AvgIpc) is 3.27. The highest BCUT2D eigenvalue weighted by Gasteiger charge is 2.10. The molecule has 0 unspecified atom stereocenters. The minimum Gasteiger partial charge on any atom is -0.246 e. The molecule has 2 aromatic heterocycles. The average molecular weight is 320 g/mol. The van der Waals surface area contributed by atoms with Crippen molar-refractivity contribution in [1.29, 1.82) is 0 Å². The molecule has 0 spiro atoms. The number of para-hydroxylation sites is 1. The molecule has 0 saturated carbocycles. The molecule has 2 aromatic carbocycles. The minimum absolute atomic E-state index is 0.632. The van der Waals surface area contributed by atoms with Crippen molar-refractivity contribution in [3.8, 4) is 17.1 Å². The molecule has 6 nitrogen and oxygen atoms in total. The topological polar surface area (TPSA) is 60.9 Å². The van der Waals surface area contributed by atoms with Crippen molar-refractivity contribution in [3.05, 3.63) is 78.1 Å². The smallest absolute Gasteiger partial charge is 0.246 e. The number of aromatic nitrogens is 5. The quantitative estimate of drug-likeness (QED) is 0.583. The molecule has 0 aliphatic heterocycles. The lowest BCUT2D eigenvalue weighted by Gasteiger charge is -2.05. The van der Waals surface area contributed by atoms with E-state index in [0.717, 1.165) is 17.1 Å². The van der Waals surface area contributed by atoms with E-state index < -0.39 is 0 Å². The molecule has 112 valence electrons. The molecular formula is C16H12N6S. The largest absolute Gasteiger partial charge is 0.246 e. The van der Waals surface area contributed by atoms with Gasteiger partial charge in [0, 0.05) is 5.56 Å². The normalized spacial score (nSPS) is 11.7. The van der Waals surface area contributed by atoms with Crippen LogP contribution in [0.2, 0.25) is 0 Å². The number of benzene rings is 2. The molecular weight excluding hydrogens is 308 g/mol. The van der Waals surface area contributed by atoms with Crippen LogP contribution in [0.4, 0.5) is 0 Å². The molecule has 0 bridgehead atoms. The summed E-state index contributed by atoms with van der Waals surface area (Å²) in [6, 6.07) is 20.2. The highest BCUT2D eigenvalue weighted by atomic mass is 32.1. The van der Waals surface area contributed by atoms with Crippen molar-refractivity contribution in [1.82, 2.24) is 23.8 Å². The van der Waals surface area contributed by atoms with Gasteiger partial charge in [0.05, 0.1) is 5.69 Å². The summed E-state index contributed by atoms with van der Waals surface area (Å²) in [5.74, 6) is 0.855. The fourth-order valence-electron chi connectivity index (χ4n) is 2.18. The first-order valence-electron chi connectivity index (χ1n) is 7.01. The number of rotatable bonds is 3. The first kappa shape index (κ1) is 13.6. The van der Waals surface area contributed by atoms with Gasteiger partial charge in [-0.2, -0.15) is 4.98 Å². The van der Waals surface area contributed by atoms with Crippen molar-refractivity contribution in [2.24, 2.45) is 5.10 Å². The van der Waals surface area contributed by atoms with E-state index in [1.165, 1.54) is 24.2 Å². The van der Waals surface area contributed by atoms with Gasteiger partial charge in [-0.15, -0.1) is 15.3 Å². The summed E-state index contributed by atoms with van der Waals surface area (Å²) >= 11 is 1.47. The molecule has 0 N–H and O–H groups in total. The van der Waals surface area contributed by atoms with E-state index in [1.807, 2.05) is 60.7 Å². The van der Waals surface area contributed by atoms with Gasteiger partial charge in [-0.05, 0) is 23.7 Å². The van der Waals surface area contributed by atoms with E-state index in [4.69, 9.17) is 0 Å². The van der Waals surface area contributed by atoms with E-state index >= 15 is 0 Å². The maximum Gasteiger partial charge on any atom is 0.246 e. The Morgan fingerprint density at radius 1 is 0.826 bits per heavy atom. The molecule has 0 saturated heterocycles. The lowest BCUT2D eigenvalue weighted by atomic mass is 10.2. The van der Waals surface area contributed by atoms with Crippen LogP contribution in [0.15, 0.2) is 78.4 Å². The van der Waals surface area contributed by atoms with Crippen LogP contribution < -0.4 is 4.80 Å². The first-order valence-corrected chi connectivity index (χ1v) is 7.78. The number of hydrogen-bond acceptors (Lipinski definition) is 5. The van der Waals surface area contributed by atoms with Crippen LogP contribution in [-0.4, -0.2) is 23.8 Å². The van der Waals surface area contributed by atoms with Crippen molar-refractivity contribution in [2.75, 3.05) is 0 Å². The van der Waals surface area contributed by atoms with Crippen LogP contribution in [0.3, 0.4) is 0 Å². The molecule has 4 rings (SSSR count). The zero-order valence-electron chi connectivity index (χ0n) is 12.0. The highest BCUT2D eigenvalue weighted by Crippen LogP contribution is 2.21. The second-order valence-corrected chi connectivity index (χ2v) is 5.66. The lowest BCUT2D eigenvalue weighted by Crippen LogP contribution is -2.01. The molecule has 0 fully saturated rings. The van der Waals surface area contributed by atoms with Crippen LogP contribution in [0.25, 0.3) is 17.1 Å². The SMILES string of the molecule is c1ccc(-c2nc(=Nn3cnnc3)sn2-c2ccccc2)cc1. The Morgan fingerprint density at radius 2 is 1.48 bits per heavy atom. The van der Waals surface area contributed by atoms with E-state index in [2.05, 4.69) is 24.2 Å². The van der Waals surface area contributed by atoms with Gasteiger partial charge >= 0.3 is 0 Å². The maximum absolute atomic E-state index is 4.67. The van der Waals surface area contributed by atoms with E-state index in [1.54, 1.807) is 4.68 Å². The van der Waals surface area contributed by atoms with Crippen LogP contribution in [-0.2, 0) is 0 Å². The Hall–Kier alpha value is -3.06. The van der Waals surface area contributed by atoms with Crippen molar-refractivity contribution < 1.29 is 0 Å². The van der Waals surface area contributed by atoms with Crippen LogP contribution >= 0.6 is 11.5 Å². The van der Waals surface area contributed by atoms with Gasteiger partial charge in [-0.3, -0.25) is 0 Å². The molecule has 23 heavy (non-hydrogen) atoms. The van der Waals surface area contributed by atoms with Gasteiger partial charge in [0.1, 0.15) is 12.7 Å². The van der Waals surface area contributed by atoms with Crippen LogP contribution in [0, 0.1) is 0 Å². The van der Waals surface area contributed by atoms with E-state index in [0.29, 0.717) is 4.80 Å². The van der Waals surface area contributed by atoms with Gasteiger partial charge in [0.2, 0.25) is 4.80 Å². The predicted octanol–water partition coefficient (Wildman–Crippen LogP) is 2.56. The highest BCUT2D eigenvalue weighted by molar-refractivity contribution is 7.04. The Kier molecular flexibility index (Phi) is 3.53. The monoisotopic (exact) mass is 320 g/mol. The minimum atomic E-state index is 0.632. The molecule has 0 radical (unpaired) electrons. The third-order valence-corrected chi connectivity index (χ3v) is 4.10. The summed E-state index contributed by atoms with van der Waals surface area (Å²) in [4.78, 5) is 5.30. The Bertz CT molecular complexity index is 895. The van der Waals surface area contributed by atoms with Crippen molar-refractivity contribution in [2.45, 2.75) is 0 Å². The van der Waals surface area contributed by atoms with Gasteiger partial charge in [0.15, 0.2) is 5.82 Å². The van der Waals surface area contributed by atoms with Crippen LogP contribution in [0.5, 0.6) is 0 Å². The van der Waals surface area contributed by atoms with Crippen molar-refractivity contribution in [3.63, 3.8) is 0 Å². The second kappa shape index (κ2) is 5.98. The van der Waals surface area contributed by atoms with E-state index in [9.17, 15) is 0 Å². The Morgan fingerprint density at radius 3 is 2.17 bits per heavy atom. The third-order valence-electron chi connectivity index (χ3n) is 3.20. The number of nitrogens with zero attached hydrogens (tertiary/aromatic N) is 6. The maximum atomic E-state index is 4.67. The zero-order chi connectivity index (χ0) is 15.5. The zero-order valence-corrected chi connectivity index (χ0v) is 12.8. The number of hydrogen-bond donors (Lipinski definition) is 0. The predicted molar refractivity (Wildman–Crippen MR) is 87.9 cm³/mol. The Balaban J connectivity index is 1.91. The Labute approximate surface area is 136 Å². The molecule has 0 aliphatic rings. The molecule has 7 heteroatoms. The molecule has 0 amide bonds. The molecule has 2 heterocycles. The van der Waals surface area contributed by atoms with Gasteiger partial charge in [-0.1, -0.05) is 48.5 Å². The summed E-state index contributed by atoms with van der Waals surface area (Å²) in [7, 11) is 0. The lowest BCUT2D eigenvalue weighted by molar-refractivity contribution is 0.827. The summed E-state index contributed by atoms with van der Waals surface area (Å²) in [6.07, 6.45) is 3.08. The van der Waals surface area contributed by atoms with Gasteiger partial charge in [0.25, 0.3) is 0 Å². The summed E-state index contributed by atoms with van der Waals surface area (Å²) in [5, 5.41) is 11.9. The summed E-state index contributed by atoms with van der Waals surface area (Å²) in [5.41, 5.74) is 2.09. The second-order valence-electron chi connectivity index (χ2n) is 4.75. The standard InChI is InChI=1S/C16H12N6S/c1-3-7-13(8-4-1)15-19-16(20-21-11-17-18-12-21)23-22(15)14-9-5-2-6-10-14/h1-12H. The summed E-state index contributed by atoms with van der Waals surface area (Å²) in [6.45, 7) is 0. The van der Waals surface area contributed by atoms with Gasteiger partial charge in [-0.25, -0.2) is 8.63 Å².